The summed E-state index contributed by atoms with van der Waals surface area (Å²) in [5.41, 5.74) is 0. The predicted octanol–water partition coefficient (Wildman–Crippen LogP) is -0.189. The van der Waals surface area contributed by atoms with Crippen LogP contribution in [0.25, 0.3) is 0 Å². The summed E-state index contributed by atoms with van der Waals surface area (Å²) in [6.07, 6.45) is 1.56. The number of carbonyl (C=O) groups is 1. The normalized spacial score (nSPS) is 9.27. The summed E-state index contributed by atoms with van der Waals surface area (Å²) in [6.45, 7) is 0. The number of hydrogen-bond acceptors (Lipinski definition) is 3. The molecule has 0 aliphatic heterocycles. The van der Waals surface area contributed by atoms with Gasteiger partial charge in [-0.3, -0.25) is 4.79 Å². The van der Waals surface area contributed by atoms with Crippen molar-refractivity contribution in [3.8, 4) is 0 Å². The Hall–Kier alpha value is -1.52. The van der Waals surface area contributed by atoms with Gasteiger partial charge in [0.25, 0.3) is 5.91 Å². The van der Waals surface area contributed by atoms with E-state index in [4.69, 9.17) is 0 Å². The summed E-state index contributed by atoms with van der Waals surface area (Å²) < 4.78 is 0. The molecule has 0 saturated carbocycles. The van der Waals surface area contributed by atoms with Crippen LogP contribution in [-0.4, -0.2) is 30.0 Å². The zero-order valence-corrected chi connectivity index (χ0v) is 6.43. The summed E-state index contributed by atoms with van der Waals surface area (Å²) in [7, 11) is 3.31. The number of anilines is 1. The number of H-pyrrole nitrogens is 1. The van der Waals surface area contributed by atoms with Gasteiger partial charge in [-0.15, -0.1) is 0 Å². The Bertz CT molecular complexity index is 255. The minimum Gasteiger partial charge on any atom is -0.373 e. The molecule has 0 aliphatic rings. The van der Waals surface area contributed by atoms with Crippen molar-refractivity contribution in [1.82, 2.24) is 15.3 Å². The minimum atomic E-state index is -0.216. The van der Waals surface area contributed by atoms with Gasteiger partial charge >= 0.3 is 0 Å². The molecule has 60 valence electrons. The summed E-state index contributed by atoms with van der Waals surface area (Å²) in [5, 5.41) is 5.29. The van der Waals surface area contributed by atoms with Crippen LogP contribution in [-0.2, 0) is 0 Å². The van der Waals surface area contributed by atoms with E-state index in [1.165, 1.54) is 0 Å². The molecule has 5 heteroatoms. The Labute approximate surface area is 64.2 Å². The second kappa shape index (κ2) is 3.05. The van der Waals surface area contributed by atoms with Crippen LogP contribution < -0.4 is 10.6 Å². The molecule has 5 nitrogen and oxygen atoms in total. The summed E-state index contributed by atoms with van der Waals surface area (Å²) in [4.78, 5) is 17.5. The van der Waals surface area contributed by atoms with Gasteiger partial charge in [0.15, 0.2) is 5.82 Å². The van der Waals surface area contributed by atoms with E-state index in [1.807, 2.05) is 0 Å². The number of aromatic amines is 1. The SMILES string of the molecule is CNC(=O)c1ncc(NC)[nH]1. The standard InChI is InChI=1S/C6H10N4O/c1-7-4-3-9-5(10-4)6(11)8-2/h3,7H,1-2H3,(H,8,11)(H,9,10). The van der Waals surface area contributed by atoms with Gasteiger partial charge in [-0.1, -0.05) is 0 Å². The van der Waals surface area contributed by atoms with Crippen molar-refractivity contribution in [2.24, 2.45) is 0 Å². The number of nitrogens with one attached hydrogen (secondary N) is 3. The number of rotatable bonds is 2. The third kappa shape index (κ3) is 1.49. The molecule has 0 bridgehead atoms. The molecular formula is C6H10N4O. The van der Waals surface area contributed by atoms with E-state index in [0.29, 0.717) is 5.82 Å². The maximum absolute atomic E-state index is 10.9. The van der Waals surface area contributed by atoms with Crippen molar-refractivity contribution in [3.05, 3.63) is 12.0 Å². The van der Waals surface area contributed by atoms with Gasteiger partial charge in [0, 0.05) is 14.1 Å². The van der Waals surface area contributed by atoms with E-state index >= 15 is 0 Å². The highest BCUT2D eigenvalue weighted by molar-refractivity contribution is 5.90. The van der Waals surface area contributed by atoms with Crippen LogP contribution in [0.2, 0.25) is 0 Å². The highest BCUT2D eigenvalue weighted by atomic mass is 16.2. The number of hydrogen-bond donors (Lipinski definition) is 3. The van der Waals surface area contributed by atoms with Gasteiger partial charge in [0.05, 0.1) is 6.20 Å². The van der Waals surface area contributed by atoms with Gasteiger partial charge in [0.2, 0.25) is 0 Å². The Morgan fingerprint density at radius 3 is 2.82 bits per heavy atom. The van der Waals surface area contributed by atoms with Crippen LogP contribution in [0.5, 0.6) is 0 Å². The average molecular weight is 154 g/mol. The lowest BCUT2D eigenvalue weighted by molar-refractivity contribution is 0.0954. The molecule has 1 heterocycles. The average Bonchev–Trinajstić information content (AvgIpc) is 2.50. The molecule has 0 aromatic carbocycles. The smallest absolute Gasteiger partial charge is 0.286 e. The summed E-state index contributed by atoms with van der Waals surface area (Å²) >= 11 is 0. The van der Waals surface area contributed by atoms with Crippen LogP contribution in [0.3, 0.4) is 0 Å². The molecular weight excluding hydrogens is 144 g/mol. The Morgan fingerprint density at radius 2 is 2.36 bits per heavy atom. The third-order valence-corrected chi connectivity index (χ3v) is 1.29. The number of imidazole rings is 1. The molecule has 0 saturated heterocycles. The molecule has 0 aliphatic carbocycles. The fourth-order valence-electron chi connectivity index (χ4n) is 0.682. The molecule has 0 atom stereocenters. The molecule has 1 amide bonds. The third-order valence-electron chi connectivity index (χ3n) is 1.29. The number of carbonyl (C=O) groups excluding carboxylic acids is 1. The number of nitrogens with zero attached hydrogens (tertiary/aromatic N) is 1. The molecule has 1 rings (SSSR count). The van der Waals surface area contributed by atoms with E-state index < -0.39 is 0 Å². The first-order chi connectivity index (χ1) is 5.27. The summed E-state index contributed by atoms with van der Waals surface area (Å²) in [5.74, 6) is 0.826. The van der Waals surface area contributed by atoms with Crippen molar-refractivity contribution >= 4 is 11.7 Å². The van der Waals surface area contributed by atoms with Gasteiger partial charge in [-0.05, 0) is 0 Å². The fourth-order valence-corrected chi connectivity index (χ4v) is 0.682. The zero-order valence-electron chi connectivity index (χ0n) is 6.43. The Morgan fingerprint density at radius 1 is 1.64 bits per heavy atom. The number of amides is 1. The maximum atomic E-state index is 10.9. The van der Waals surface area contributed by atoms with Crippen LogP contribution in [0.4, 0.5) is 5.82 Å². The van der Waals surface area contributed by atoms with E-state index in [9.17, 15) is 4.79 Å². The first-order valence-electron chi connectivity index (χ1n) is 3.22. The van der Waals surface area contributed by atoms with Crippen molar-refractivity contribution in [3.63, 3.8) is 0 Å². The second-order valence-corrected chi connectivity index (χ2v) is 1.97. The predicted molar refractivity (Wildman–Crippen MR) is 41.5 cm³/mol. The first kappa shape index (κ1) is 7.59. The van der Waals surface area contributed by atoms with Crippen molar-refractivity contribution < 1.29 is 4.79 Å². The first-order valence-corrected chi connectivity index (χ1v) is 3.22. The molecule has 1 aromatic heterocycles. The van der Waals surface area contributed by atoms with Crippen LogP contribution in [0, 0.1) is 0 Å². The molecule has 3 N–H and O–H groups in total. The zero-order chi connectivity index (χ0) is 8.27. The van der Waals surface area contributed by atoms with E-state index in [-0.39, 0.29) is 5.91 Å². The fraction of sp³-hybridized carbons (Fsp3) is 0.333. The lowest BCUT2D eigenvalue weighted by atomic mass is 10.6. The van der Waals surface area contributed by atoms with Crippen molar-refractivity contribution in [2.75, 3.05) is 19.4 Å². The molecule has 1 aromatic rings. The second-order valence-electron chi connectivity index (χ2n) is 1.97. The highest BCUT2D eigenvalue weighted by Gasteiger charge is 2.05. The van der Waals surface area contributed by atoms with Crippen LogP contribution in [0.1, 0.15) is 10.6 Å². The van der Waals surface area contributed by atoms with Crippen molar-refractivity contribution in [1.29, 1.82) is 0 Å². The van der Waals surface area contributed by atoms with Gasteiger partial charge in [0.1, 0.15) is 5.82 Å². The monoisotopic (exact) mass is 154 g/mol. The van der Waals surface area contributed by atoms with Gasteiger partial charge in [-0.2, -0.15) is 0 Å². The van der Waals surface area contributed by atoms with Gasteiger partial charge < -0.3 is 15.6 Å². The Kier molecular flexibility index (Phi) is 2.10. The van der Waals surface area contributed by atoms with E-state index in [1.54, 1.807) is 20.3 Å². The lowest BCUT2D eigenvalue weighted by Crippen LogP contribution is -2.19. The highest BCUT2D eigenvalue weighted by Crippen LogP contribution is 2.00. The van der Waals surface area contributed by atoms with Crippen LogP contribution in [0.15, 0.2) is 6.20 Å². The van der Waals surface area contributed by atoms with E-state index in [2.05, 4.69) is 20.6 Å². The minimum absolute atomic E-state index is 0.216. The molecule has 11 heavy (non-hydrogen) atoms. The van der Waals surface area contributed by atoms with E-state index in [0.717, 1.165) is 5.82 Å². The molecule has 0 spiro atoms. The number of aromatic nitrogens is 2. The largest absolute Gasteiger partial charge is 0.373 e. The van der Waals surface area contributed by atoms with Crippen LogP contribution >= 0.6 is 0 Å². The van der Waals surface area contributed by atoms with Gasteiger partial charge in [-0.25, -0.2) is 4.98 Å². The molecule has 0 fully saturated rings. The van der Waals surface area contributed by atoms with Crippen molar-refractivity contribution in [2.45, 2.75) is 0 Å². The molecule has 0 unspecified atom stereocenters. The quantitative estimate of drug-likeness (QED) is 0.553. The molecule has 0 radical (unpaired) electrons. The summed E-state index contributed by atoms with van der Waals surface area (Å²) in [6, 6.07) is 0. The Balaban J connectivity index is 2.80. The topological polar surface area (TPSA) is 69.8 Å². The lowest BCUT2D eigenvalue weighted by Gasteiger charge is -1.93. The maximum Gasteiger partial charge on any atom is 0.286 e.